The number of nitrogens with zero attached hydrogens (tertiary/aromatic N) is 4. The van der Waals surface area contributed by atoms with Gasteiger partial charge in [-0.15, -0.1) is 5.10 Å². The van der Waals surface area contributed by atoms with Gasteiger partial charge in [-0.3, -0.25) is 0 Å². The number of aromatic nitrogens is 3. The van der Waals surface area contributed by atoms with Crippen LogP contribution >= 0.6 is 0 Å². The molecule has 0 saturated carbocycles. The summed E-state index contributed by atoms with van der Waals surface area (Å²) in [6.45, 7) is 0. The Bertz CT molecular complexity index is 1180. The van der Waals surface area contributed by atoms with Crippen molar-refractivity contribution < 1.29 is 9.47 Å². The SMILES string of the molecule is COc1ccccc1-c1cnnc(N/N=C/c2ccc(OC)c3ccccc23)n1. The normalized spacial score (nSPS) is 11.0. The molecule has 0 aliphatic rings. The summed E-state index contributed by atoms with van der Waals surface area (Å²) in [6, 6.07) is 19.5. The number of benzene rings is 3. The minimum absolute atomic E-state index is 0.294. The Morgan fingerprint density at radius 3 is 2.45 bits per heavy atom. The number of hydrogen-bond donors (Lipinski definition) is 1. The largest absolute Gasteiger partial charge is 0.496 e. The van der Waals surface area contributed by atoms with E-state index in [1.165, 1.54) is 0 Å². The Kier molecular flexibility index (Phi) is 5.29. The third kappa shape index (κ3) is 3.84. The summed E-state index contributed by atoms with van der Waals surface area (Å²) in [5.41, 5.74) is 5.27. The van der Waals surface area contributed by atoms with Crippen LogP contribution < -0.4 is 14.9 Å². The number of anilines is 1. The van der Waals surface area contributed by atoms with Crippen LogP contribution in [-0.4, -0.2) is 35.6 Å². The van der Waals surface area contributed by atoms with Gasteiger partial charge in [-0.1, -0.05) is 36.4 Å². The fraction of sp³-hybridized carbons (Fsp3) is 0.0909. The number of para-hydroxylation sites is 1. The quantitative estimate of drug-likeness (QED) is 0.397. The molecule has 0 atom stereocenters. The molecule has 0 fully saturated rings. The second kappa shape index (κ2) is 8.35. The van der Waals surface area contributed by atoms with E-state index in [9.17, 15) is 0 Å². The van der Waals surface area contributed by atoms with Gasteiger partial charge in [0.25, 0.3) is 5.95 Å². The maximum Gasteiger partial charge on any atom is 0.263 e. The average molecular weight is 385 g/mol. The predicted octanol–water partition coefficient (Wildman–Crippen LogP) is 4.16. The highest BCUT2D eigenvalue weighted by Gasteiger charge is 2.08. The lowest BCUT2D eigenvalue weighted by atomic mass is 10.0. The average Bonchev–Trinajstić information content (AvgIpc) is 2.79. The van der Waals surface area contributed by atoms with Crippen LogP contribution in [0.2, 0.25) is 0 Å². The molecule has 0 bridgehead atoms. The van der Waals surface area contributed by atoms with E-state index in [1.807, 2.05) is 60.7 Å². The highest BCUT2D eigenvalue weighted by molar-refractivity contribution is 6.02. The number of hydrazone groups is 1. The Hall–Kier alpha value is -4.00. The second-order valence-corrected chi connectivity index (χ2v) is 6.14. The van der Waals surface area contributed by atoms with Crippen LogP contribution in [0, 0.1) is 0 Å². The molecule has 0 aliphatic heterocycles. The van der Waals surface area contributed by atoms with Crippen molar-refractivity contribution in [1.29, 1.82) is 0 Å². The Morgan fingerprint density at radius 1 is 0.862 bits per heavy atom. The number of ether oxygens (including phenoxy) is 2. The van der Waals surface area contributed by atoms with Crippen molar-refractivity contribution in [2.75, 3.05) is 19.6 Å². The van der Waals surface area contributed by atoms with E-state index in [2.05, 4.69) is 25.7 Å². The standard InChI is InChI=1S/C22H19N5O2/c1-28-20-10-6-5-9-18(20)19-14-24-27-22(25-19)26-23-13-15-11-12-21(29-2)17-8-4-3-7-16(15)17/h3-14H,1-2H3,(H,25,26,27)/b23-13+. The molecule has 4 rings (SSSR count). The Labute approximate surface area is 168 Å². The summed E-state index contributed by atoms with van der Waals surface area (Å²) in [5, 5.41) is 14.4. The lowest BCUT2D eigenvalue weighted by Crippen LogP contribution is -2.01. The number of rotatable bonds is 6. The number of hydrogen-bond acceptors (Lipinski definition) is 7. The highest BCUT2D eigenvalue weighted by atomic mass is 16.5. The van der Waals surface area contributed by atoms with Crippen molar-refractivity contribution >= 4 is 22.9 Å². The third-order valence-electron chi connectivity index (χ3n) is 4.45. The second-order valence-electron chi connectivity index (χ2n) is 6.14. The molecule has 7 heteroatoms. The molecule has 1 heterocycles. The van der Waals surface area contributed by atoms with Crippen LogP contribution in [0.5, 0.6) is 11.5 Å². The first-order valence-corrected chi connectivity index (χ1v) is 8.98. The smallest absolute Gasteiger partial charge is 0.263 e. The summed E-state index contributed by atoms with van der Waals surface area (Å²) < 4.78 is 10.8. The van der Waals surface area contributed by atoms with Crippen LogP contribution in [0.15, 0.2) is 72.0 Å². The lowest BCUT2D eigenvalue weighted by Gasteiger charge is -2.08. The van der Waals surface area contributed by atoms with Gasteiger partial charge in [-0.2, -0.15) is 10.2 Å². The number of fused-ring (bicyclic) bond motifs is 1. The minimum Gasteiger partial charge on any atom is -0.496 e. The summed E-state index contributed by atoms with van der Waals surface area (Å²) in [5.74, 6) is 1.83. The highest BCUT2D eigenvalue weighted by Crippen LogP contribution is 2.28. The van der Waals surface area contributed by atoms with Gasteiger partial charge >= 0.3 is 0 Å². The molecule has 144 valence electrons. The molecule has 0 amide bonds. The Balaban J connectivity index is 1.59. The van der Waals surface area contributed by atoms with Crippen molar-refractivity contribution in [3.05, 3.63) is 72.4 Å². The zero-order chi connectivity index (χ0) is 20.1. The van der Waals surface area contributed by atoms with Crippen LogP contribution in [0.4, 0.5) is 5.95 Å². The van der Waals surface area contributed by atoms with Gasteiger partial charge in [0.15, 0.2) is 0 Å². The van der Waals surface area contributed by atoms with Crippen molar-refractivity contribution in [1.82, 2.24) is 15.2 Å². The molecule has 0 aliphatic carbocycles. The summed E-state index contributed by atoms with van der Waals surface area (Å²) in [7, 11) is 3.28. The van der Waals surface area contributed by atoms with E-state index >= 15 is 0 Å². The van der Waals surface area contributed by atoms with Gasteiger partial charge in [0.05, 0.1) is 32.3 Å². The molecule has 7 nitrogen and oxygen atoms in total. The maximum absolute atomic E-state index is 5.43. The zero-order valence-electron chi connectivity index (χ0n) is 16.0. The van der Waals surface area contributed by atoms with Crippen LogP contribution in [-0.2, 0) is 0 Å². The summed E-state index contributed by atoms with van der Waals surface area (Å²) >= 11 is 0. The van der Waals surface area contributed by atoms with E-state index in [0.717, 1.165) is 27.6 Å². The van der Waals surface area contributed by atoms with Crippen molar-refractivity contribution in [3.8, 4) is 22.8 Å². The van der Waals surface area contributed by atoms with Gasteiger partial charge in [-0.25, -0.2) is 10.4 Å². The fourth-order valence-corrected chi connectivity index (χ4v) is 3.08. The van der Waals surface area contributed by atoms with Gasteiger partial charge in [0, 0.05) is 16.5 Å². The molecular weight excluding hydrogens is 366 g/mol. The van der Waals surface area contributed by atoms with E-state index < -0.39 is 0 Å². The maximum atomic E-state index is 5.43. The summed E-state index contributed by atoms with van der Waals surface area (Å²) in [6.07, 6.45) is 3.31. The van der Waals surface area contributed by atoms with Crippen molar-refractivity contribution in [3.63, 3.8) is 0 Å². The lowest BCUT2D eigenvalue weighted by molar-refractivity contribution is 0.416. The molecule has 1 aromatic heterocycles. The number of methoxy groups -OCH3 is 2. The fourth-order valence-electron chi connectivity index (χ4n) is 3.08. The van der Waals surface area contributed by atoms with Gasteiger partial charge < -0.3 is 9.47 Å². The molecule has 29 heavy (non-hydrogen) atoms. The zero-order valence-corrected chi connectivity index (χ0v) is 16.0. The third-order valence-corrected chi connectivity index (χ3v) is 4.45. The molecule has 3 aromatic carbocycles. The first-order chi connectivity index (χ1) is 14.3. The van der Waals surface area contributed by atoms with Crippen molar-refractivity contribution in [2.24, 2.45) is 5.10 Å². The van der Waals surface area contributed by atoms with Crippen LogP contribution in [0.3, 0.4) is 0 Å². The van der Waals surface area contributed by atoms with Gasteiger partial charge in [-0.05, 0) is 29.7 Å². The first kappa shape index (κ1) is 18.4. The van der Waals surface area contributed by atoms with E-state index in [-0.39, 0.29) is 0 Å². The molecule has 0 spiro atoms. The van der Waals surface area contributed by atoms with Crippen molar-refractivity contribution in [2.45, 2.75) is 0 Å². The molecule has 0 radical (unpaired) electrons. The van der Waals surface area contributed by atoms with Crippen LogP contribution in [0.25, 0.3) is 22.0 Å². The Morgan fingerprint density at radius 2 is 1.62 bits per heavy atom. The minimum atomic E-state index is 0.294. The summed E-state index contributed by atoms with van der Waals surface area (Å²) in [4.78, 5) is 4.47. The van der Waals surface area contributed by atoms with E-state index in [4.69, 9.17) is 9.47 Å². The van der Waals surface area contributed by atoms with Gasteiger partial charge in [0.2, 0.25) is 0 Å². The first-order valence-electron chi connectivity index (χ1n) is 8.98. The van der Waals surface area contributed by atoms with Gasteiger partial charge in [0.1, 0.15) is 11.5 Å². The molecule has 0 unspecified atom stereocenters. The molecule has 0 saturated heterocycles. The molecule has 1 N–H and O–H groups in total. The monoisotopic (exact) mass is 385 g/mol. The number of nitrogens with one attached hydrogen (secondary N) is 1. The molecule has 4 aromatic rings. The topological polar surface area (TPSA) is 81.5 Å². The van der Waals surface area contributed by atoms with E-state index in [1.54, 1.807) is 26.6 Å². The van der Waals surface area contributed by atoms with Crippen LogP contribution in [0.1, 0.15) is 5.56 Å². The van der Waals surface area contributed by atoms with E-state index in [0.29, 0.717) is 17.4 Å². The predicted molar refractivity (Wildman–Crippen MR) is 114 cm³/mol. The molecular formula is C22H19N5O2.